The van der Waals surface area contributed by atoms with Gasteiger partial charge < -0.3 is 0 Å². The molecule has 11 aromatic rings. The van der Waals surface area contributed by atoms with Gasteiger partial charge in [0.15, 0.2) is 5.82 Å². The fraction of sp³-hybridized carbons (Fsp3) is 0. The van der Waals surface area contributed by atoms with E-state index in [9.17, 15) is 0 Å². The van der Waals surface area contributed by atoms with Crippen LogP contribution in [0.4, 0.5) is 0 Å². The molecule has 51 heavy (non-hydrogen) atoms. The van der Waals surface area contributed by atoms with Gasteiger partial charge in [0.1, 0.15) is 33.1 Å². The summed E-state index contributed by atoms with van der Waals surface area (Å²) < 4.78 is 2.30. The van der Waals surface area contributed by atoms with E-state index in [0.717, 1.165) is 44.1 Å². The molecule has 0 aliphatic carbocycles. The van der Waals surface area contributed by atoms with Crippen molar-refractivity contribution in [3.8, 4) is 28.1 Å². The predicted octanol–water partition coefficient (Wildman–Crippen LogP) is 10.3. The summed E-state index contributed by atoms with van der Waals surface area (Å²) in [4.78, 5) is 29.2. The van der Waals surface area contributed by atoms with Gasteiger partial charge in [-0.3, -0.25) is 24.5 Å². The Morgan fingerprint density at radius 1 is 0.333 bits per heavy atom. The molecular weight excluding hydrogens is 627 g/mol. The lowest BCUT2D eigenvalue weighted by Crippen LogP contribution is -2.03. The van der Waals surface area contributed by atoms with E-state index in [0.29, 0.717) is 38.9 Å². The van der Waals surface area contributed by atoms with Gasteiger partial charge in [-0.25, -0.2) is 9.97 Å². The predicted molar refractivity (Wildman–Crippen MR) is 206 cm³/mol. The Bertz CT molecular complexity index is 3040. The maximum Gasteiger partial charge on any atom is 0.157 e. The normalized spacial score (nSPS) is 11.9. The third-order valence-electron chi connectivity index (χ3n) is 10.0. The van der Waals surface area contributed by atoms with Crippen LogP contribution in [-0.2, 0) is 0 Å². The summed E-state index contributed by atoms with van der Waals surface area (Å²) >= 11 is 0. The minimum Gasteiger partial charge on any atom is -0.291 e. The molecule has 0 N–H and O–H groups in total. The Kier molecular flexibility index (Phi) is 5.83. The van der Waals surface area contributed by atoms with Crippen LogP contribution in [-0.4, -0.2) is 34.5 Å². The second-order valence-electron chi connectivity index (χ2n) is 12.7. The molecule has 0 bridgehead atoms. The van der Waals surface area contributed by atoms with Crippen LogP contribution in [0.5, 0.6) is 0 Å². The largest absolute Gasteiger partial charge is 0.291 e. The van der Waals surface area contributed by atoms with Gasteiger partial charge in [-0.1, -0.05) is 121 Å². The first-order valence-corrected chi connectivity index (χ1v) is 16.9. The Morgan fingerprint density at radius 3 is 1.25 bits per heavy atom. The van der Waals surface area contributed by atoms with Crippen LogP contribution in [0.15, 0.2) is 152 Å². The van der Waals surface area contributed by atoms with E-state index in [4.69, 9.17) is 15.0 Å². The Morgan fingerprint density at radius 2 is 0.725 bits per heavy atom. The van der Waals surface area contributed by atoms with Gasteiger partial charge in [-0.15, -0.1) is 0 Å². The topological polar surface area (TPSA) is 82.3 Å². The molecule has 0 unspecified atom stereocenters. The monoisotopic (exact) mass is 651 g/mol. The average molecular weight is 652 g/mol. The van der Waals surface area contributed by atoms with Gasteiger partial charge in [-0.2, -0.15) is 0 Å². The van der Waals surface area contributed by atoms with Gasteiger partial charge in [0.05, 0.1) is 17.2 Å². The molecule has 0 fully saturated rings. The summed E-state index contributed by atoms with van der Waals surface area (Å²) in [5.41, 5.74) is 10.5. The molecule has 0 saturated heterocycles. The fourth-order valence-electron chi connectivity index (χ4n) is 7.89. The number of para-hydroxylation sites is 2. The lowest BCUT2D eigenvalue weighted by molar-refractivity contribution is 1.08. The molecule has 236 valence electrons. The molecule has 7 nitrogen and oxygen atoms in total. The lowest BCUT2D eigenvalue weighted by atomic mass is 9.95. The van der Waals surface area contributed by atoms with Crippen LogP contribution in [0.3, 0.4) is 0 Å². The quantitative estimate of drug-likeness (QED) is 0.177. The molecular formula is C44H25N7. The van der Waals surface area contributed by atoms with E-state index in [1.165, 1.54) is 21.5 Å². The first-order chi connectivity index (χ1) is 25.3. The zero-order valence-corrected chi connectivity index (χ0v) is 27.1. The number of fused-ring (bicyclic) bond motifs is 11. The molecule has 7 aromatic carbocycles. The second kappa shape index (κ2) is 10.7. The third-order valence-corrected chi connectivity index (χ3v) is 10.0. The van der Waals surface area contributed by atoms with Gasteiger partial charge in [0.2, 0.25) is 0 Å². The highest BCUT2D eigenvalue weighted by Crippen LogP contribution is 2.44. The molecule has 0 amide bonds. The van der Waals surface area contributed by atoms with Crippen molar-refractivity contribution in [1.29, 1.82) is 0 Å². The van der Waals surface area contributed by atoms with Crippen molar-refractivity contribution < 1.29 is 0 Å². The Hall–Kier alpha value is -7.12. The number of nitrogens with zero attached hydrogens (tertiary/aromatic N) is 7. The maximum absolute atomic E-state index is 5.42. The first-order valence-electron chi connectivity index (χ1n) is 16.9. The molecule has 7 heteroatoms. The van der Waals surface area contributed by atoms with Gasteiger partial charge in [0, 0.05) is 46.7 Å². The van der Waals surface area contributed by atoms with Gasteiger partial charge in [0.25, 0.3) is 0 Å². The molecule has 0 aliphatic heterocycles. The summed E-state index contributed by atoms with van der Waals surface area (Å²) in [6, 6.07) is 43.3. The van der Waals surface area contributed by atoms with Gasteiger partial charge in [-0.05, 0) is 32.7 Å². The van der Waals surface area contributed by atoms with Crippen molar-refractivity contribution in [3.63, 3.8) is 0 Å². The van der Waals surface area contributed by atoms with Crippen LogP contribution in [0.1, 0.15) is 0 Å². The van der Waals surface area contributed by atoms with E-state index in [-0.39, 0.29) is 0 Å². The first kappa shape index (κ1) is 27.8. The molecule has 0 atom stereocenters. The van der Waals surface area contributed by atoms with Crippen LogP contribution < -0.4 is 0 Å². The SMILES string of the molecule is c1ccc2c(-c3cccc4c5cccc(-c6cccc7ccccc67)c5n(-c5cnc6c7nccnc7c7nccnc7c6n5)c34)cccc2c1. The highest BCUT2D eigenvalue weighted by Gasteiger charge is 2.23. The molecule has 0 spiro atoms. The third kappa shape index (κ3) is 4.00. The Balaban J connectivity index is 1.33. The highest BCUT2D eigenvalue weighted by atomic mass is 15.1. The summed E-state index contributed by atoms with van der Waals surface area (Å²) in [7, 11) is 0. The van der Waals surface area contributed by atoms with E-state index < -0.39 is 0 Å². The molecule has 0 radical (unpaired) electrons. The number of rotatable bonds is 3. The van der Waals surface area contributed by atoms with Crippen molar-refractivity contribution in [2.24, 2.45) is 0 Å². The standard InChI is InChI=1S/C44H25N7/c1-3-13-28-26(9-1)11-5-15-30(28)32-17-7-19-34-35-20-8-18-33(31-16-6-12-27-10-2-4-14-29(27)31)44(35)51(43(32)34)36-25-49-41-39-37(45-21-22-47-39)38-40(42(41)50-36)48-24-23-46-38/h1-25H. The zero-order chi connectivity index (χ0) is 33.5. The van der Waals surface area contributed by atoms with Crippen molar-refractivity contribution in [1.82, 2.24) is 34.5 Å². The highest BCUT2D eigenvalue weighted by molar-refractivity contribution is 6.21. The van der Waals surface area contributed by atoms with Crippen molar-refractivity contribution in [2.75, 3.05) is 0 Å². The van der Waals surface area contributed by atoms with Crippen LogP contribution in [0.25, 0.3) is 105 Å². The number of benzene rings is 7. The van der Waals surface area contributed by atoms with E-state index in [2.05, 4.69) is 141 Å². The Labute approximate surface area is 290 Å². The van der Waals surface area contributed by atoms with Crippen molar-refractivity contribution >= 4 is 76.5 Å². The number of hydrogen-bond acceptors (Lipinski definition) is 6. The van der Waals surface area contributed by atoms with Crippen molar-refractivity contribution in [2.45, 2.75) is 0 Å². The van der Waals surface area contributed by atoms with Crippen LogP contribution in [0, 0.1) is 0 Å². The molecule has 0 saturated carbocycles. The van der Waals surface area contributed by atoms with E-state index in [1.807, 2.05) is 6.20 Å². The summed E-state index contributed by atoms with van der Waals surface area (Å²) in [5, 5.41) is 7.02. The summed E-state index contributed by atoms with van der Waals surface area (Å²) in [5.74, 6) is 0.679. The average Bonchev–Trinajstić information content (AvgIpc) is 3.55. The van der Waals surface area contributed by atoms with E-state index in [1.54, 1.807) is 24.8 Å². The second-order valence-corrected chi connectivity index (χ2v) is 12.7. The van der Waals surface area contributed by atoms with Gasteiger partial charge >= 0.3 is 0 Å². The molecule has 4 aromatic heterocycles. The summed E-state index contributed by atoms with van der Waals surface area (Å²) in [6.07, 6.45) is 8.58. The minimum absolute atomic E-state index is 0.629. The van der Waals surface area contributed by atoms with E-state index >= 15 is 0 Å². The number of hydrogen-bond donors (Lipinski definition) is 0. The summed E-state index contributed by atoms with van der Waals surface area (Å²) in [6.45, 7) is 0. The smallest absolute Gasteiger partial charge is 0.157 e. The molecule has 0 aliphatic rings. The molecule has 11 rings (SSSR count). The van der Waals surface area contributed by atoms with Crippen LogP contribution >= 0.6 is 0 Å². The lowest BCUT2D eigenvalue weighted by Gasteiger charge is -2.15. The fourth-order valence-corrected chi connectivity index (χ4v) is 7.89. The maximum atomic E-state index is 5.42. The number of aromatic nitrogens is 7. The molecule has 4 heterocycles. The minimum atomic E-state index is 0.629. The zero-order valence-electron chi connectivity index (χ0n) is 27.1. The van der Waals surface area contributed by atoms with Crippen LogP contribution in [0.2, 0.25) is 0 Å². The van der Waals surface area contributed by atoms with Crippen molar-refractivity contribution in [3.05, 3.63) is 152 Å².